The van der Waals surface area contributed by atoms with Gasteiger partial charge in [0.1, 0.15) is 0 Å². The van der Waals surface area contributed by atoms with E-state index < -0.39 is 23.5 Å². The Morgan fingerprint density at radius 2 is 1.86 bits per heavy atom. The van der Waals surface area contributed by atoms with Crippen LogP contribution in [-0.4, -0.2) is 45.7 Å². The number of aliphatic hydroxyl groups excluding tert-OH is 1. The van der Waals surface area contributed by atoms with Crippen LogP contribution in [0, 0.1) is 19.8 Å². The molecule has 4 aromatic rings. The van der Waals surface area contributed by atoms with Gasteiger partial charge in [0.05, 0.1) is 40.9 Å². The van der Waals surface area contributed by atoms with Gasteiger partial charge in [-0.25, -0.2) is 4.98 Å². The Morgan fingerprint density at radius 1 is 1.10 bits per heavy atom. The first-order chi connectivity index (χ1) is 20.2. The average molecular weight is 623 g/mol. The van der Waals surface area contributed by atoms with E-state index in [-0.39, 0.29) is 10.7 Å². The van der Waals surface area contributed by atoms with Gasteiger partial charge in [-0.05, 0) is 43.0 Å². The maximum absolute atomic E-state index is 13.9. The molecule has 0 aliphatic carbocycles. The highest BCUT2D eigenvalue weighted by Gasteiger charge is 2.47. The summed E-state index contributed by atoms with van der Waals surface area (Å²) in [6.07, 6.45) is 0. The Balaban J connectivity index is 1.55. The van der Waals surface area contributed by atoms with E-state index in [1.807, 2.05) is 51.1 Å². The number of thioether (sulfide) groups is 1. The van der Waals surface area contributed by atoms with Gasteiger partial charge in [-0.2, -0.15) is 0 Å². The minimum Gasteiger partial charge on any atom is -0.503 e. The number of anilines is 1. The molecular weight excluding hydrogens is 593 g/mol. The molecule has 5 rings (SSSR count). The third kappa shape index (κ3) is 6.06. The van der Waals surface area contributed by atoms with Crippen molar-refractivity contribution in [2.75, 3.05) is 18.6 Å². The number of aromatic nitrogens is 3. The molecule has 1 amide bonds. The lowest BCUT2D eigenvalue weighted by Gasteiger charge is -2.25. The molecule has 9 nitrogen and oxygen atoms in total. The molecule has 42 heavy (non-hydrogen) atoms. The van der Waals surface area contributed by atoms with E-state index in [1.165, 1.54) is 46.4 Å². The lowest BCUT2D eigenvalue weighted by atomic mass is 9.95. The molecule has 3 heterocycles. The largest absolute Gasteiger partial charge is 0.503 e. The predicted molar refractivity (Wildman–Crippen MR) is 165 cm³/mol. The highest BCUT2D eigenvalue weighted by atomic mass is 32.2. The van der Waals surface area contributed by atoms with E-state index in [0.717, 1.165) is 5.56 Å². The topological polar surface area (TPSA) is 115 Å². The van der Waals surface area contributed by atoms with E-state index in [4.69, 9.17) is 9.47 Å². The number of aryl methyl sites for hydroxylation is 2. The number of nitrogens with zero attached hydrogens (tertiary/aromatic N) is 4. The van der Waals surface area contributed by atoms with Crippen molar-refractivity contribution >= 4 is 51.3 Å². The monoisotopic (exact) mass is 622 g/mol. The molecule has 1 N–H and O–H groups in total. The molecule has 0 saturated heterocycles. The van der Waals surface area contributed by atoms with Crippen molar-refractivity contribution in [1.29, 1.82) is 0 Å². The van der Waals surface area contributed by atoms with Gasteiger partial charge < -0.3 is 14.6 Å². The van der Waals surface area contributed by atoms with Gasteiger partial charge in [-0.3, -0.25) is 14.5 Å². The van der Waals surface area contributed by atoms with E-state index in [9.17, 15) is 14.7 Å². The summed E-state index contributed by atoms with van der Waals surface area (Å²) >= 11 is 3.95. The zero-order valence-corrected chi connectivity index (χ0v) is 26.2. The molecule has 1 aliphatic rings. The molecule has 2 aromatic heterocycles. The Bertz CT molecular complexity index is 1650. The zero-order valence-electron chi connectivity index (χ0n) is 23.8. The maximum Gasteiger partial charge on any atom is 0.296 e. The molecule has 12 heteroatoms. The SMILES string of the molecule is COc1cc(C2C(C(=O)c3sc(C)nc3C)=C(O)C(=O)N2c2nnc(SCc3ccccc3)s2)ccc1OCC(C)C. The first kappa shape index (κ1) is 29.7. The van der Waals surface area contributed by atoms with Crippen LogP contribution in [0.2, 0.25) is 0 Å². The quantitative estimate of drug-likeness (QED) is 0.110. The summed E-state index contributed by atoms with van der Waals surface area (Å²) in [5.41, 5.74) is 2.18. The highest BCUT2D eigenvalue weighted by molar-refractivity contribution is 8.00. The maximum atomic E-state index is 13.9. The van der Waals surface area contributed by atoms with Crippen molar-refractivity contribution in [3.63, 3.8) is 0 Å². The van der Waals surface area contributed by atoms with Gasteiger partial charge in [-0.1, -0.05) is 73.3 Å². The lowest BCUT2D eigenvalue weighted by Crippen LogP contribution is -2.31. The first-order valence-electron chi connectivity index (χ1n) is 13.2. The van der Waals surface area contributed by atoms with Crippen molar-refractivity contribution in [1.82, 2.24) is 15.2 Å². The third-order valence-electron chi connectivity index (χ3n) is 6.45. The summed E-state index contributed by atoms with van der Waals surface area (Å²) < 4.78 is 12.2. The summed E-state index contributed by atoms with van der Waals surface area (Å²) in [4.78, 5) is 33.7. The van der Waals surface area contributed by atoms with Gasteiger partial charge in [0.2, 0.25) is 10.9 Å². The first-order valence-corrected chi connectivity index (χ1v) is 15.9. The Hall–Kier alpha value is -3.74. The molecule has 0 bridgehead atoms. The fourth-order valence-electron chi connectivity index (χ4n) is 4.52. The summed E-state index contributed by atoms with van der Waals surface area (Å²) in [7, 11) is 1.53. The predicted octanol–water partition coefficient (Wildman–Crippen LogP) is 6.73. The van der Waals surface area contributed by atoms with E-state index in [1.54, 1.807) is 25.1 Å². The Labute approximate surface area is 256 Å². The molecule has 0 spiro atoms. The molecule has 1 atom stereocenters. The number of Topliss-reactive ketones (excluding diaryl/α,β-unsaturated/α-hetero) is 1. The van der Waals surface area contributed by atoms with Gasteiger partial charge >= 0.3 is 0 Å². The van der Waals surface area contributed by atoms with Crippen LogP contribution in [0.1, 0.15) is 51.4 Å². The van der Waals surface area contributed by atoms with Crippen LogP contribution in [0.15, 0.2) is 64.2 Å². The lowest BCUT2D eigenvalue weighted by molar-refractivity contribution is -0.117. The van der Waals surface area contributed by atoms with Crippen LogP contribution in [-0.2, 0) is 10.5 Å². The van der Waals surface area contributed by atoms with Gasteiger partial charge in [-0.15, -0.1) is 21.5 Å². The van der Waals surface area contributed by atoms with Gasteiger partial charge in [0, 0.05) is 5.75 Å². The smallest absolute Gasteiger partial charge is 0.296 e. The summed E-state index contributed by atoms with van der Waals surface area (Å²) in [6, 6.07) is 14.2. The summed E-state index contributed by atoms with van der Waals surface area (Å²) in [5, 5.41) is 20.8. The molecule has 0 fully saturated rings. The number of methoxy groups -OCH3 is 1. The zero-order chi connectivity index (χ0) is 30.0. The number of benzene rings is 2. The third-order valence-corrected chi connectivity index (χ3v) is 9.64. The van der Waals surface area contributed by atoms with E-state index in [2.05, 4.69) is 15.2 Å². The second-order valence-electron chi connectivity index (χ2n) is 10.1. The van der Waals surface area contributed by atoms with E-state index in [0.29, 0.717) is 55.3 Å². The molecule has 1 aliphatic heterocycles. The van der Waals surface area contributed by atoms with Crippen molar-refractivity contribution in [2.24, 2.45) is 5.92 Å². The highest BCUT2D eigenvalue weighted by Crippen LogP contribution is 2.46. The Kier molecular flexibility index (Phi) is 8.95. The van der Waals surface area contributed by atoms with Crippen LogP contribution < -0.4 is 14.4 Å². The van der Waals surface area contributed by atoms with Crippen molar-refractivity contribution in [3.05, 3.63) is 86.6 Å². The molecule has 2 aromatic carbocycles. The van der Waals surface area contributed by atoms with Crippen LogP contribution in [0.4, 0.5) is 5.13 Å². The number of hydrogen-bond acceptors (Lipinski definition) is 11. The summed E-state index contributed by atoms with van der Waals surface area (Å²) in [5.74, 6) is 0.160. The minimum absolute atomic E-state index is 0.0432. The number of ketones is 1. The molecular formula is C30H30N4O5S3. The molecule has 0 saturated carbocycles. The average Bonchev–Trinajstić information content (AvgIpc) is 3.66. The van der Waals surface area contributed by atoms with Crippen LogP contribution >= 0.6 is 34.4 Å². The van der Waals surface area contributed by atoms with Crippen molar-refractivity contribution < 1.29 is 24.2 Å². The van der Waals surface area contributed by atoms with Gasteiger partial charge in [0.25, 0.3) is 5.91 Å². The second kappa shape index (κ2) is 12.6. The normalized spacial score (nSPS) is 15.1. The number of carbonyl (C=O) groups is 2. The fourth-order valence-corrected chi connectivity index (χ4v) is 7.22. The number of carbonyl (C=O) groups excluding carboxylic acids is 2. The number of ether oxygens (including phenoxy) is 2. The summed E-state index contributed by atoms with van der Waals surface area (Å²) in [6.45, 7) is 8.13. The molecule has 218 valence electrons. The minimum atomic E-state index is -0.972. The number of aliphatic hydroxyl groups is 1. The standard InChI is InChI=1S/C30H30N4O5S3/c1-16(2)14-39-21-12-11-20(13-22(21)38-5)24-23(25(35)27-17(3)31-18(4)41-27)26(36)28(37)34(24)29-32-33-30(42-29)40-15-19-9-7-6-8-10-19/h6-13,16,24,36H,14-15H2,1-5H3. The van der Waals surface area contributed by atoms with Crippen LogP contribution in [0.5, 0.6) is 11.5 Å². The number of amides is 1. The Morgan fingerprint density at radius 3 is 2.52 bits per heavy atom. The number of hydrogen-bond donors (Lipinski definition) is 1. The number of rotatable bonds is 11. The molecule has 0 radical (unpaired) electrons. The van der Waals surface area contributed by atoms with Crippen molar-refractivity contribution in [2.45, 2.75) is 43.8 Å². The second-order valence-corrected chi connectivity index (χ2v) is 13.4. The van der Waals surface area contributed by atoms with Crippen molar-refractivity contribution in [3.8, 4) is 11.5 Å². The van der Waals surface area contributed by atoms with Crippen LogP contribution in [0.3, 0.4) is 0 Å². The van der Waals surface area contributed by atoms with Gasteiger partial charge in [0.15, 0.2) is 21.6 Å². The molecule has 1 unspecified atom stereocenters. The van der Waals surface area contributed by atoms with Crippen LogP contribution in [0.25, 0.3) is 0 Å². The fraction of sp³-hybridized carbons (Fsp3) is 0.300. The van der Waals surface area contributed by atoms with E-state index >= 15 is 0 Å². The number of thiazole rings is 1.